The summed E-state index contributed by atoms with van der Waals surface area (Å²) < 4.78 is 37.8. The molecular weight excluding hydrogens is 534 g/mol. The van der Waals surface area contributed by atoms with Gasteiger partial charge in [0.2, 0.25) is 0 Å². The van der Waals surface area contributed by atoms with Crippen LogP contribution in [-0.2, 0) is 25.6 Å². The average Bonchev–Trinajstić information content (AvgIpc) is 3.32. The molecule has 3 heterocycles. The van der Waals surface area contributed by atoms with Crippen molar-refractivity contribution < 1.29 is 13.2 Å². The second kappa shape index (κ2) is 10.9. The summed E-state index contributed by atoms with van der Waals surface area (Å²) in [6.45, 7) is 5.43. The lowest BCUT2D eigenvalue weighted by Crippen LogP contribution is -2.47. The summed E-state index contributed by atoms with van der Waals surface area (Å²) >= 11 is 2.86. The molecule has 0 saturated carbocycles. The van der Waals surface area contributed by atoms with Crippen LogP contribution in [0.15, 0.2) is 21.8 Å². The van der Waals surface area contributed by atoms with Gasteiger partial charge in [0, 0.05) is 55.9 Å². The molecule has 0 aromatic carbocycles. The van der Waals surface area contributed by atoms with E-state index in [1.165, 1.54) is 10.4 Å². The number of thiazole rings is 1. The third-order valence-corrected chi connectivity index (χ3v) is 6.65. The molecule has 0 fully saturated rings. The zero-order chi connectivity index (χ0) is 20.1. The fraction of sp³-hybridized carbons (Fsp3) is 0.556. The highest BCUT2D eigenvalue weighted by molar-refractivity contribution is 14.0. The number of hydrogen-bond acceptors (Lipinski definition) is 5. The molecule has 2 aromatic rings. The number of alkyl halides is 3. The second-order valence-corrected chi connectivity index (χ2v) is 8.64. The van der Waals surface area contributed by atoms with Gasteiger partial charge in [0.1, 0.15) is 0 Å². The van der Waals surface area contributed by atoms with E-state index in [2.05, 4.69) is 43.9 Å². The fourth-order valence-electron chi connectivity index (χ4n) is 3.08. The second-order valence-electron chi connectivity index (χ2n) is 6.69. The number of rotatable bonds is 6. The Labute approximate surface area is 193 Å². The van der Waals surface area contributed by atoms with Gasteiger partial charge in [-0.1, -0.05) is 0 Å². The van der Waals surface area contributed by atoms with Crippen LogP contribution < -0.4 is 10.6 Å². The standard InChI is InChI=1S/C18H24F3N5S2.HI/c1-12(26-7-4-14-13(10-26)5-8-27-14)9-24-17(22-2)23-6-3-16-25-15(11-28-16)18(19,20)21;/h5,8,11-12H,3-4,6-7,9-10H2,1-2H3,(H2,22,23,24);1H. The van der Waals surface area contributed by atoms with Crippen LogP contribution in [0.1, 0.15) is 28.1 Å². The van der Waals surface area contributed by atoms with Crippen LogP contribution >= 0.6 is 46.7 Å². The lowest BCUT2D eigenvalue weighted by molar-refractivity contribution is -0.140. The van der Waals surface area contributed by atoms with E-state index in [0.29, 0.717) is 30.0 Å². The molecular formula is C18H25F3IN5S2. The van der Waals surface area contributed by atoms with Crippen molar-refractivity contribution in [3.63, 3.8) is 0 Å². The van der Waals surface area contributed by atoms with Crippen molar-refractivity contribution >= 4 is 52.6 Å². The van der Waals surface area contributed by atoms with E-state index in [1.807, 2.05) is 11.3 Å². The minimum atomic E-state index is -4.38. The number of fused-ring (bicyclic) bond motifs is 1. The summed E-state index contributed by atoms with van der Waals surface area (Å²) in [6, 6.07) is 2.55. The Bertz CT molecular complexity index is 806. The molecule has 0 bridgehead atoms. The number of halogens is 4. The third kappa shape index (κ3) is 6.79. The van der Waals surface area contributed by atoms with Gasteiger partial charge >= 0.3 is 6.18 Å². The number of thiophene rings is 1. The Morgan fingerprint density at radius 1 is 1.34 bits per heavy atom. The average molecular weight is 559 g/mol. The summed E-state index contributed by atoms with van der Waals surface area (Å²) in [6.07, 6.45) is -2.86. The highest BCUT2D eigenvalue weighted by atomic mass is 127. The van der Waals surface area contributed by atoms with Gasteiger partial charge < -0.3 is 10.6 Å². The normalized spacial score (nSPS) is 16.1. The molecule has 1 unspecified atom stereocenters. The van der Waals surface area contributed by atoms with Gasteiger partial charge in [0.15, 0.2) is 11.7 Å². The number of guanidine groups is 1. The molecule has 1 aliphatic rings. The van der Waals surface area contributed by atoms with Crippen LogP contribution in [0.4, 0.5) is 13.2 Å². The SMILES string of the molecule is CN=C(NCCc1nc(C(F)(F)F)cs1)NCC(C)N1CCc2sccc2C1.I. The largest absolute Gasteiger partial charge is 0.434 e. The van der Waals surface area contributed by atoms with Crippen LogP contribution in [0.3, 0.4) is 0 Å². The molecule has 5 nitrogen and oxygen atoms in total. The molecule has 29 heavy (non-hydrogen) atoms. The maximum atomic E-state index is 12.6. The molecule has 162 valence electrons. The Kier molecular flexibility index (Phi) is 9.16. The van der Waals surface area contributed by atoms with E-state index in [9.17, 15) is 13.2 Å². The van der Waals surface area contributed by atoms with E-state index in [4.69, 9.17) is 0 Å². The Morgan fingerprint density at radius 3 is 2.83 bits per heavy atom. The summed E-state index contributed by atoms with van der Waals surface area (Å²) in [4.78, 5) is 11.8. The van der Waals surface area contributed by atoms with Gasteiger partial charge in [-0.05, 0) is 30.4 Å². The first-order valence-corrected chi connectivity index (χ1v) is 10.9. The van der Waals surface area contributed by atoms with Crippen molar-refractivity contribution in [1.82, 2.24) is 20.5 Å². The lowest BCUT2D eigenvalue weighted by atomic mass is 10.1. The van der Waals surface area contributed by atoms with Gasteiger partial charge in [-0.25, -0.2) is 4.98 Å². The predicted molar refractivity (Wildman–Crippen MR) is 123 cm³/mol. The zero-order valence-electron chi connectivity index (χ0n) is 16.3. The smallest absolute Gasteiger partial charge is 0.356 e. The van der Waals surface area contributed by atoms with Gasteiger partial charge in [-0.3, -0.25) is 9.89 Å². The van der Waals surface area contributed by atoms with E-state index in [-0.39, 0.29) is 24.0 Å². The van der Waals surface area contributed by atoms with Crippen LogP contribution in [-0.4, -0.2) is 48.6 Å². The number of nitrogens with zero attached hydrogens (tertiary/aromatic N) is 3. The van der Waals surface area contributed by atoms with Gasteiger partial charge in [0.05, 0.1) is 5.01 Å². The Balaban J connectivity index is 0.00000300. The molecule has 1 aliphatic heterocycles. The Morgan fingerprint density at radius 2 is 2.14 bits per heavy atom. The number of aromatic nitrogens is 1. The van der Waals surface area contributed by atoms with Crippen LogP contribution in [0, 0.1) is 0 Å². The van der Waals surface area contributed by atoms with Crippen molar-refractivity contribution in [3.05, 3.63) is 38.0 Å². The number of nitrogens with one attached hydrogen (secondary N) is 2. The molecule has 2 aromatic heterocycles. The van der Waals surface area contributed by atoms with Crippen molar-refractivity contribution in [2.45, 2.75) is 38.5 Å². The van der Waals surface area contributed by atoms with Gasteiger partial charge in [0.25, 0.3) is 0 Å². The molecule has 0 spiro atoms. The molecule has 11 heteroatoms. The van der Waals surface area contributed by atoms with Crippen molar-refractivity contribution in [3.8, 4) is 0 Å². The monoisotopic (exact) mass is 559 g/mol. The Hall–Kier alpha value is -0.920. The van der Waals surface area contributed by atoms with Crippen molar-refractivity contribution in [1.29, 1.82) is 0 Å². The molecule has 0 amide bonds. The fourth-order valence-corrected chi connectivity index (χ4v) is 4.78. The summed E-state index contributed by atoms with van der Waals surface area (Å²) in [5.41, 5.74) is 0.603. The van der Waals surface area contributed by atoms with Crippen LogP contribution in [0.25, 0.3) is 0 Å². The first-order valence-electron chi connectivity index (χ1n) is 9.12. The van der Waals surface area contributed by atoms with E-state index < -0.39 is 11.9 Å². The molecule has 1 atom stereocenters. The maximum Gasteiger partial charge on any atom is 0.434 e. The van der Waals surface area contributed by atoms with E-state index in [0.717, 1.165) is 42.8 Å². The predicted octanol–water partition coefficient (Wildman–Crippen LogP) is 4.00. The first kappa shape index (κ1) is 24.4. The lowest BCUT2D eigenvalue weighted by Gasteiger charge is -2.32. The van der Waals surface area contributed by atoms with Crippen LogP contribution in [0.5, 0.6) is 0 Å². The third-order valence-electron chi connectivity index (χ3n) is 4.72. The van der Waals surface area contributed by atoms with E-state index >= 15 is 0 Å². The minimum Gasteiger partial charge on any atom is -0.356 e. The summed E-state index contributed by atoms with van der Waals surface area (Å²) in [5, 5.41) is 10.1. The summed E-state index contributed by atoms with van der Waals surface area (Å²) in [7, 11) is 1.68. The van der Waals surface area contributed by atoms with Crippen molar-refractivity contribution in [2.24, 2.45) is 4.99 Å². The molecule has 0 aliphatic carbocycles. The first-order chi connectivity index (χ1) is 13.4. The van der Waals surface area contributed by atoms with Gasteiger partial charge in [-0.2, -0.15) is 13.2 Å². The zero-order valence-corrected chi connectivity index (χ0v) is 20.2. The highest BCUT2D eigenvalue weighted by Gasteiger charge is 2.33. The minimum absolute atomic E-state index is 0. The molecule has 2 N–H and O–H groups in total. The van der Waals surface area contributed by atoms with Gasteiger partial charge in [-0.15, -0.1) is 46.7 Å². The molecule has 0 radical (unpaired) electrons. The van der Waals surface area contributed by atoms with Crippen molar-refractivity contribution in [2.75, 3.05) is 26.7 Å². The van der Waals surface area contributed by atoms with Crippen LogP contribution in [0.2, 0.25) is 0 Å². The molecule has 3 rings (SSSR count). The summed E-state index contributed by atoms with van der Waals surface area (Å²) in [5.74, 6) is 0.646. The number of aliphatic imine (C=N–C) groups is 1. The number of hydrogen-bond donors (Lipinski definition) is 2. The quantitative estimate of drug-likeness (QED) is 0.320. The molecule has 0 saturated heterocycles. The topological polar surface area (TPSA) is 52.6 Å². The van der Waals surface area contributed by atoms with E-state index in [1.54, 1.807) is 7.05 Å². The highest BCUT2D eigenvalue weighted by Crippen LogP contribution is 2.30. The maximum absolute atomic E-state index is 12.6.